The number of amides is 1. The fraction of sp³-hybridized carbons (Fsp3) is 0.350. The van der Waals surface area contributed by atoms with Crippen molar-refractivity contribution in [3.8, 4) is 0 Å². The molecule has 1 fully saturated rings. The van der Waals surface area contributed by atoms with Crippen LogP contribution in [0.3, 0.4) is 0 Å². The Kier molecular flexibility index (Phi) is 7.44. The van der Waals surface area contributed by atoms with E-state index in [9.17, 15) is 9.18 Å². The van der Waals surface area contributed by atoms with Crippen LogP contribution in [0.25, 0.3) is 0 Å². The highest BCUT2D eigenvalue weighted by molar-refractivity contribution is 6.31. The van der Waals surface area contributed by atoms with Crippen molar-refractivity contribution in [2.24, 2.45) is 11.7 Å². The van der Waals surface area contributed by atoms with Crippen LogP contribution in [0.1, 0.15) is 42.9 Å². The van der Waals surface area contributed by atoms with E-state index in [0.717, 1.165) is 30.4 Å². The van der Waals surface area contributed by atoms with E-state index in [1.807, 2.05) is 18.2 Å². The van der Waals surface area contributed by atoms with Gasteiger partial charge in [0.1, 0.15) is 5.82 Å². The van der Waals surface area contributed by atoms with Crippen LogP contribution in [0.2, 0.25) is 5.02 Å². The molecule has 0 aromatic heterocycles. The van der Waals surface area contributed by atoms with E-state index in [1.54, 1.807) is 18.2 Å². The van der Waals surface area contributed by atoms with E-state index >= 15 is 0 Å². The molecule has 1 saturated carbocycles. The Morgan fingerprint density at radius 3 is 2.50 bits per heavy atom. The Labute approximate surface area is 164 Å². The normalized spacial score (nSPS) is 20.7. The molecule has 3 unspecified atom stereocenters. The Balaban J connectivity index is 0.00000243. The summed E-state index contributed by atoms with van der Waals surface area (Å²) in [5.74, 6) is -0.426. The molecule has 0 saturated heterocycles. The Bertz CT molecular complexity index is 739. The SMILES string of the molecule is Cl.NC1CCCC(C(=O)NC(c2ccc(F)cc2)c2ccccc2Cl)C1. The second-order valence-corrected chi connectivity index (χ2v) is 7.05. The largest absolute Gasteiger partial charge is 0.345 e. The molecular formula is C20H23Cl2FN2O. The van der Waals surface area contributed by atoms with E-state index in [-0.39, 0.29) is 36.1 Å². The van der Waals surface area contributed by atoms with Gasteiger partial charge in [0.2, 0.25) is 5.91 Å². The Morgan fingerprint density at radius 1 is 1.15 bits per heavy atom. The molecular weight excluding hydrogens is 374 g/mol. The van der Waals surface area contributed by atoms with Gasteiger partial charge in [-0.1, -0.05) is 48.4 Å². The first-order valence-corrected chi connectivity index (χ1v) is 8.98. The molecule has 140 valence electrons. The van der Waals surface area contributed by atoms with Gasteiger partial charge in [-0.15, -0.1) is 12.4 Å². The third kappa shape index (κ3) is 4.97. The molecule has 2 aromatic rings. The zero-order chi connectivity index (χ0) is 17.8. The molecule has 2 aromatic carbocycles. The summed E-state index contributed by atoms with van der Waals surface area (Å²) in [4.78, 5) is 12.8. The van der Waals surface area contributed by atoms with Crippen molar-refractivity contribution < 1.29 is 9.18 Å². The monoisotopic (exact) mass is 396 g/mol. The van der Waals surface area contributed by atoms with Gasteiger partial charge in [0.25, 0.3) is 0 Å². The second kappa shape index (κ2) is 9.36. The quantitative estimate of drug-likeness (QED) is 0.791. The minimum Gasteiger partial charge on any atom is -0.345 e. The van der Waals surface area contributed by atoms with Crippen molar-refractivity contribution >= 4 is 29.9 Å². The second-order valence-electron chi connectivity index (χ2n) is 6.64. The summed E-state index contributed by atoms with van der Waals surface area (Å²) >= 11 is 6.35. The number of rotatable bonds is 4. The highest BCUT2D eigenvalue weighted by Crippen LogP contribution is 2.30. The number of nitrogens with two attached hydrogens (primary N) is 1. The van der Waals surface area contributed by atoms with Gasteiger partial charge < -0.3 is 11.1 Å². The van der Waals surface area contributed by atoms with Gasteiger partial charge in [-0.25, -0.2) is 4.39 Å². The first kappa shape index (κ1) is 20.7. The van der Waals surface area contributed by atoms with Crippen LogP contribution < -0.4 is 11.1 Å². The van der Waals surface area contributed by atoms with Gasteiger partial charge in [0.15, 0.2) is 0 Å². The molecule has 3 rings (SSSR count). The van der Waals surface area contributed by atoms with Crippen molar-refractivity contribution in [3.05, 3.63) is 70.5 Å². The molecule has 0 bridgehead atoms. The fourth-order valence-electron chi connectivity index (χ4n) is 3.43. The van der Waals surface area contributed by atoms with E-state index in [2.05, 4.69) is 5.32 Å². The molecule has 1 aliphatic rings. The predicted octanol–water partition coefficient (Wildman–Crippen LogP) is 4.62. The summed E-state index contributed by atoms with van der Waals surface area (Å²) in [5.41, 5.74) is 7.60. The van der Waals surface area contributed by atoms with Gasteiger partial charge in [0.05, 0.1) is 6.04 Å². The maximum atomic E-state index is 13.3. The van der Waals surface area contributed by atoms with Gasteiger partial charge in [-0.2, -0.15) is 0 Å². The average Bonchev–Trinajstić information content (AvgIpc) is 2.61. The molecule has 1 aliphatic carbocycles. The highest BCUT2D eigenvalue weighted by atomic mass is 35.5. The summed E-state index contributed by atoms with van der Waals surface area (Å²) < 4.78 is 13.3. The zero-order valence-corrected chi connectivity index (χ0v) is 15.9. The lowest BCUT2D eigenvalue weighted by Gasteiger charge is -2.28. The number of carbonyl (C=O) groups is 1. The number of carbonyl (C=O) groups excluding carboxylic acids is 1. The summed E-state index contributed by atoms with van der Waals surface area (Å²) in [7, 11) is 0. The number of nitrogens with one attached hydrogen (secondary N) is 1. The number of benzene rings is 2. The van der Waals surface area contributed by atoms with Crippen LogP contribution >= 0.6 is 24.0 Å². The smallest absolute Gasteiger partial charge is 0.223 e. The molecule has 3 N–H and O–H groups in total. The molecule has 3 atom stereocenters. The van der Waals surface area contributed by atoms with Crippen LogP contribution in [-0.2, 0) is 4.79 Å². The average molecular weight is 397 g/mol. The molecule has 6 heteroatoms. The number of hydrogen-bond donors (Lipinski definition) is 2. The minimum atomic E-state index is -0.417. The maximum Gasteiger partial charge on any atom is 0.223 e. The van der Waals surface area contributed by atoms with E-state index in [0.29, 0.717) is 11.4 Å². The van der Waals surface area contributed by atoms with Crippen molar-refractivity contribution in [1.29, 1.82) is 0 Å². The predicted molar refractivity (Wildman–Crippen MR) is 105 cm³/mol. The van der Waals surface area contributed by atoms with Gasteiger partial charge in [-0.05, 0) is 48.6 Å². The first-order valence-electron chi connectivity index (χ1n) is 8.60. The van der Waals surface area contributed by atoms with Crippen LogP contribution in [0.15, 0.2) is 48.5 Å². The van der Waals surface area contributed by atoms with Crippen LogP contribution in [0.4, 0.5) is 4.39 Å². The fourth-order valence-corrected chi connectivity index (χ4v) is 3.68. The summed E-state index contributed by atoms with van der Waals surface area (Å²) in [6.07, 6.45) is 3.48. The third-order valence-electron chi connectivity index (χ3n) is 4.79. The van der Waals surface area contributed by atoms with Crippen LogP contribution in [0.5, 0.6) is 0 Å². The summed E-state index contributed by atoms with van der Waals surface area (Å²) in [5, 5.41) is 3.67. The maximum absolute atomic E-state index is 13.3. The third-order valence-corrected chi connectivity index (χ3v) is 5.14. The topological polar surface area (TPSA) is 55.1 Å². The molecule has 0 radical (unpaired) electrons. The van der Waals surface area contributed by atoms with Crippen molar-refractivity contribution in [2.45, 2.75) is 37.8 Å². The lowest BCUT2D eigenvalue weighted by Crippen LogP contribution is -2.39. The van der Waals surface area contributed by atoms with Crippen molar-refractivity contribution in [2.75, 3.05) is 0 Å². The standard InChI is InChI=1S/C20H22ClFN2O.ClH/c21-18-7-2-1-6-17(18)19(13-8-10-15(22)11-9-13)24-20(25)14-4-3-5-16(23)12-14;/h1-2,6-11,14,16,19H,3-5,12,23H2,(H,24,25);1H. The molecule has 1 amide bonds. The summed E-state index contributed by atoms with van der Waals surface area (Å²) in [6, 6.07) is 13.2. The van der Waals surface area contributed by atoms with E-state index in [1.165, 1.54) is 12.1 Å². The summed E-state index contributed by atoms with van der Waals surface area (Å²) in [6.45, 7) is 0. The van der Waals surface area contributed by atoms with Crippen LogP contribution in [-0.4, -0.2) is 11.9 Å². The molecule has 0 spiro atoms. The lowest BCUT2D eigenvalue weighted by molar-refractivity contribution is -0.126. The highest BCUT2D eigenvalue weighted by Gasteiger charge is 2.28. The van der Waals surface area contributed by atoms with Crippen LogP contribution in [0, 0.1) is 11.7 Å². The van der Waals surface area contributed by atoms with E-state index < -0.39 is 6.04 Å². The van der Waals surface area contributed by atoms with Crippen molar-refractivity contribution in [1.82, 2.24) is 5.32 Å². The minimum absolute atomic E-state index is 0. The molecule has 3 nitrogen and oxygen atoms in total. The molecule has 0 heterocycles. The lowest BCUT2D eigenvalue weighted by atomic mass is 9.85. The zero-order valence-electron chi connectivity index (χ0n) is 14.3. The number of hydrogen-bond acceptors (Lipinski definition) is 2. The Hall–Kier alpha value is -1.62. The van der Waals surface area contributed by atoms with Gasteiger partial charge in [0, 0.05) is 17.0 Å². The van der Waals surface area contributed by atoms with Gasteiger partial charge >= 0.3 is 0 Å². The van der Waals surface area contributed by atoms with Crippen molar-refractivity contribution in [3.63, 3.8) is 0 Å². The first-order chi connectivity index (χ1) is 12.0. The molecule has 0 aliphatic heterocycles. The van der Waals surface area contributed by atoms with Gasteiger partial charge in [-0.3, -0.25) is 4.79 Å². The molecule has 26 heavy (non-hydrogen) atoms. The number of halogens is 3. The Morgan fingerprint density at radius 2 is 1.85 bits per heavy atom. The van der Waals surface area contributed by atoms with E-state index in [4.69, 9.17) is 17.3 Å².